The minimum atomic E-state index is 0.0818. The number of alkyl halides is 1. The molecule has 0 atom stereocenters. The second kappa shape index (κ2) is 9.39. The topological polar surface area (TPSA) is 57.7 Å². The molecule has 2 amide bonds. The van der Waals surface area contributed by atoms with Gasteiger partial charge in [0.1, 0.15) is 0 Å². The van der Waals surface area contributed by atoms with Crippen LogP contribution in [0.1, 0.15) is 26.2 Å². The number of nitrogens with zero attached hydrogens (tertiary/aromatic N) is 2. The van der Waals surface area contributed by atoms with Crippen molar-refractivity contribution in [2.45, 2.75) is 26.2 Å². The third kappa shape index (κ3) is 6.26. The van der Waals surface area contributed by atoms with Crippen molar-refractivity contribution in [2.24, 2.45) is 0 Å². The van der Waals surface area contributed by atoms with Crippen LogP contribution in [0.4, 0.5) is 0 Å². The van der Waals surface area contributed by atoms with Gasteiger partial charge in [0.15, 0.2) is 5.12 Å². The molecular formula is C13H21BrN2O3S. The monoisotopic (exact) mass is 364 g/mol. The largest absolute Gasteiger partial charge is 0.339 e. The van der Waals surface area contributed by atoms with Gasteiger partial charge in [0.2, 0.25) is 11.8 Å². The number of hydrogen-bond acceptors (Lipinski definition) is 4. The molecule has 1 rings (SSSR count). The average molecular weight is 365 g/mol. The van der Waals surface area contributed by atoms with Gasteiger partial charge in [-0.2, -0.15) is 0 Å². The van der Waals surface area contributed by atoms with Gasteiger partial charge in [0.05, 0.1) is 5.33 Å². The zero-order valence-electron chi connectivity index (χ0n) is 11.8. The van der Waals surface area contributed by atoms with E-state index in [9.17, 15) is 14.4 Å². The van der Waals surface area contributed by atoms with Gasteiger partial charge < -0.3 is 9.80 Å². The zero-order valence-corrected chi connectivity index (χ0v) is 14.2. The van der Waals surface area contributed by atoms with E-state index in [0.717, 1.165) is 18.6 Å². The lowest BCUT2D eigenvalue weighted by atomic mass is 10.2. The van der Waals surface area contributed by atoms with E-state index in [1.54, 1.807) is 11.8 Å². The van der Waals surface area contributed by atoms with Crippen molar-refractivity contribution in [3.63, 3.8) is 0 Å². The van der Waals surface area contributed by atoms with Gasteiger partial charge in [-0.15, -0.1) is 0 Å². The summed E-state index contributed by atoms with van der Waals surface area (Å²) in [7, 11) is 0. The SMILES string of the molecule is CC(=O)SCCCCC(=O)N1CCN(C(=O)CBr)CC1. The zero-order chi connectivity index (χ0) is 15.0. The van der Waals surface area contributed by atoms with Crippen molar-refractivity contribution < 1.29 is 14.4 Å². The maximum absolute atomic E-state index is 12.0. The second-order valence-electron chi connectivity index (χ2n) is 4.69. The summed E-state index contributed by atoms with van der Waals surface area (Å²) in [5.74, 6) is 1.03. The number of hydrogen-bond donors (Lipinski definition) is 0. The van der Waals surface area contributed by atoms with Crippen molar-refractivity contribution in [3.05, 3.63) is 0 Å². The lowest BCUT2D eigenvalue weighted by Gasteiger charge is -2.34. The van der Waals surface area contributed by atoms with E-state index < -0.39 is 0 Å². The Labute approximate surface area is 132 Å². The molecule has 114 valence electrons. The van der Waals surface area contributed by atoms with Crippen molar-refractivity contribution in [1.29, 1.82) is 0 Å². The fourth-order valence-corrected chi connectivity index (χ4v) is 3.03. The molecule has 1 fully saturated rings. The molecular weight excluding hydrogens is 344 g/mol. The molecule has 0 aliphatic carbocycles. The number of amides is 2. The summed E-state index contributed by atoms with van der Waals surface area (Å²) < 4.78 is 0. The van der Waals surface area contributed by atoms with E-state index in [4.69, 9.17) is 0 Å². The molecule has 7 heteroatoms. The first-order valence-electron chi connectivity index (χ1n) is 6.79. The molecule has 5 nitrogen and oxygen atoms in total. The van der Waals surface area contributed by atoms with Gasteiger partial charge in [-0.3, -0.25) is 14.4 Å². The minimum absolute atomic E-state index is 0.0818. The van der Waals surface area contributed by atoms with Crippen LogP contribution in [0.25, 0.3) is 0 Å². The highest BCUT2D eigenvalue weighted by molar-refractivity contribution is 9.09. The Balaban J connectivity index is 2.16. The second-order valence-corrected chi connectivity index (χ2v) is 6.52. The minimum Gasteiger partial charge on any atom is -0.339 e. The van der Waals surface area contributed by atoms with Gasteiger partial charge in [-0.1, -0.05) is 27.7 Å². The number of carbonyl (C=O) groups excluding carboxylic acids is 3. The highest BCUT2D eigenvalue weighted by Gasteiger charge is 2.22. The van der Waals surface area contributed by atoms with E-state index in [-0.39, 0.29) is 16.9 Å². The van der Waals surface area contributed by atoms with Crippen LogP contribution in [0, 0.1) is 0 Å². The Morgan fingerprint density at radius 3 is 2.05 bits per heavy atom. The Hall–Kier alpha value is -0.560. The molecule has 0 unspecified atom stereocenters. The molecule has 1 aliphatic rings. The fourth-order valence-electron chi connectivity index (χ4n) is 2.04. The van der Waals surface area contributed by atoms with E-state index in [1.165, 1.54) is 11.8 Å². The number of thioether (sulfide) groups is 1. The van der Waals surface area contributed by atoms with E-state index >= 15 is 0 Å². The molecule has 0 spiro atoms. The van der Waals surface area contributed by atoms with Crippen molar-refractivity contribution >= 4 is 44.6 Å². The highest BCUT2D eigenvalue weighted by atomic mass is 79.9. The first-order chi connectivity index (χ1) is 9.54. The molecule has 1 heterocycles. The molecule has 0 saturated carbocycles. The molecule has 20 heavy (non-hydrogen) atoms. The van der Waals surface area contributed by atoms with Gasteiger partial charge in [0.25, 0.3) is 0 Å². The molecule has 0 aromatic rings. The van der Waals surface area contributed by atoms with Crippen LogP contribution in [-0.2, 0) is 14.4 Å². The first kappa shape index (κ1) is 17.5. The molecule has 1 saturated heterocycles. The lowest BCUT2D eigenvalue weighted by Crippen LogP contribution is -2.50. The van der Waals surface area contributed by atoms with E-state index in [0.29, 0.717) is 37.9 Å². The number of unbranched alkanes of at least 4 members (excludes halogenated alkanes) is 1. The van der Waals surface area contributed by atoms with Crippen molar-refractivity contribution in [2.75, 3.05) is 37.3 Å². The molecule has 0 N–H and O–H groups in total. The standard InChI is InChI=1S/C13H21BrN2O3S/c1-11(17)20-9-3-2-4-12(18)15-5-7-16(8-6-15)13(19)10-14/h2-10H2,1H3. The van der Waals surface area contributed by atoms with Gasteiger partial charge in [-0.25, -0.2) is 0 Å². The highest BCUT2D eigenvalue weighted by Crippen LogP contribution is 2.10. The van der Waals surface area contributed by atoms with Crippen LogP contribution < -0.4 is 0 Å². The van der Waals surface area contributed by atoms with Crippen LogP contribution in [0.15, 0.2) is 0 Å². The summed E-state index contributed by atoms with van der Waals surface area (Å²) >= 11 is 4.47. The third-order valence-corrected chi connectivity index (χ3v) is 4.57. The third-order valence-electron chi connectivity index (χ3n) is 3.19. The summed E-state index contributed by atoms with van der Waals surface area (Å²) in [5, 5.41) is 0.471. The van der Waals surface area contributed by atoms with Gasteiger partial charge in [-0.05, 0) is 12.8 Å². The summed E-state index contributed by atoms with van der Waals surface area (Å²) in [6.07, 6.45) is 2.24. The maximum Gasteiger partial charge on any atom is 0.233 e. The van der Waals surface area contributed by atoms with Crippen LogP contribution in [0.5, 0.6) is 0 Å². The Morgan fingerprint density at radius 2 is 1.55 bits per heavy atom. The van der Waals surface area contributed by atoms with Gasteiger partial charge in [0, 0.05) is 45.3 Å². The van der Waals surface area contributed by atoms with E-state index in [2.05, 4.69) is 15.9 Å². The van der Waals surface area contributed by atoms with Crippen molar-refractivity contribution in [3.8, 4) is 0 Å². The number of halogens is 1. The fraction of sp³-hybridized carbons (Fsp3) is 0.769. The molecule has 0 aromatic heterocycles. The summed E-state index contributed by atoms with van der Waals surface area (Å²) in [4.78, 5) is 37.8. The Kier molecular flexibility index (Phi) is 8.21. The summed E-state index contributed by atoms with van der Waals surface area (Å²) in [6.45, 7) is 4.05. The number of carbonyl (C=O) groups is 3. The quantitative estimate of drug-likeness (QED) is 0.529. The molecule has 0 radical (unpaired) electrons. The van der Waals surface area contributed by atoms with Crippen molar-refractivity contribution in [1.82, 2.24) is 9.80 Å². The van der Waals surface area contributed by atoms with Crippen LogP contribution >= 0.6 is 27.7 Å². The Bertz CT molecular complexity index is 358. The average Bonchev–Trinajstić information content (AvgIpc) is 2.45. The lowest BCUT2D eigenvalue weighted by molar-refractivity contribution is -0.138. The smallest absolute Gasteiger partial charge is 0.233 e. The van der Waals surface area contributed by atoms with Gasteiger partial charge >= 0.3 is 0 Å². The Morgan fingerprint density at radius 1 is 1.00 bits per heavy atom. The normalized spacial score (nSPS) is 15.3. The molecule has 0 aromatic carbocycles. The van der Waals surface area contributed by atoms with Crippen LogP contribution in [0.3, 0.4) is 0 Å². The van der Waals surface area contributed by atoms with Crippen LogP contribution in [-0.4, -0.2) is 64.0 Å². The predicted molar refractivity (Wildman–Crippen MR) is 83.9 cm³/mol. The molecule has 1 aliphatic heterocycles. The number of piperazine rings is 1. The summed E-state index contributed by atoms with van der Waals surface area (Å²) in [6, 6.07) is 0. The first-order valence-corrected chi connectivity index (χ1v) is 8.90. The maximum atomic E-state index is 12.0. The summed E-state index contributed by atoms with van der Waals surface area (Å²) in [5.41, 5.74) is 0. The molecule has 0 bridgehead atoms. The number of rotatable bonds is 6. The van der Waals surface area contributed by atoms with E-state index in [1.807, 2.05) is 4.90 Å². The van der Waals surface area contributed by atoms with Crippen LogP contribution in [0.2, 0.25) is 0 Å². The predicted octanol–water partition coefficient (Wildman–Crippen LogP) is 1.50.